The van der Waals surface area contributed by atoms with E-state index in [2.05, 4.69) is 32.9 Å². The Balaban J connectivity index is 1.78. The summed E-state index contributed by atoms with van der Waals surface area (Å²) in [6.07, 6.45) is 9.58. The summed E-state index contributed by atoms with van der Waals surface area (Å²) in [5, 5.41) is 21.3. The number of carbonyl (C=O) groups is 1. The fraction of sp³-hybridized carbons (Fsp3) is 0.773. The van der Waals surface area contributed by atoms with E-state index in [0.29, 0.717) is 24.2 Å². The summed E-state index contributed by atoms with van der Waals surface area (Å²) in [6, 6.07) is 0. The fourth-order valence-corrected chi connectivity index (χ4v) is 7.16. The van der Waals surface area contributed by atoms with Crippen LogP contribution in [0.15, 0.2) is 23.3 Å². The number of hydrogen-bond donors (Lipinski definition) is 2. The van der Waals surface area contributed by atoms with Crippen LogP contribution < -0.4 is 0 Å². The third-order valence-electron chi connectivity index (χ3n) is 8.69. The molecule has 2 fully saturated rings. The van der Waals surface area contributed by atoms with Gasteiger partial charge in [-0.15, -0.1) is 0 Å². The van der Waals surface area contributed by atoms with Crippen LogP contribution in [-0.2, 0) is 4.79 Å². The average molecular weight is 344 g/mol. The van der Waals surface area contributed by atoms with Gasteiger partial charge in [-0.1, -0.05) is 31.6 Å². The molecule has 0 saturated heterocycles. The maximum atomic E-state index is 12.3. The minimum atomic E-state index is -1.15. The zero-order valence-corrected chi connectivity index (χ0v) is 16.0. The van der Waals surface area contributed by atoms with Crippen molar-refractivity contribution in [1.29, 1.82) is 0 Å². The van der Waals surface area contributed by atoms with Crippen molar-refractivity contribution in [3.8, 4) is 0 Å². The fourth-order valence-electron chi connectivity index (χ4n) is 7.16. The van der Waals surface area contributed by atoms with Crippen LogP contribution in [0, 0.1) is 28.6 Å². The monoisotopic (exact) mass is 344 g/mol. The summed E-state index contributed by atoms with van der Waals surface area (Å²) in [5.74, 6) is 1.31. The smallest absolute Gasteiger partial charge is 0.161 e. The molecular formula is C22H32O3. The second-order valence-electron chi connectivity index (χ2n) is 9.66. The van der Waals surface area contributed by atoms with Gasteiger partial charge in [0.25, 0.3) is 0 Å². The molecule has 7 atom stereocenters. The largest absolute Gasteiger partial charge is 0.389 e. The first-order chi connectivity index (χ1) is 11.6. The van der Waals surface area contributed by atoms with Crippen molar-refractivity contribution in [2.45, 2.75) is 77.9 Å². The number of aliphatic hydroxyl groups is 2. The molecular weight excluding hydrogens is 312 g/mol. The highest BCUT2D eigenvalue weighted by molar-refractivity contribution is 5.86. The van der Waals surface area contributed by atoms with E-state index >= 15 is 0 Å². The first-order valence-electron chi connectivity index (χ1n) is 9.96. The molecule has 138 valence electrons. The van der Waals surface area contributed by atoms with Gasteiger partial charge in [0, 0.05) is 5.41 Å². The van der Waals surface area contributed by atoms with Crippen LogP contribution in [0.5, 0.6) is 0 Å². The molecule has 0 heterocycles. The van der Waals surface area contributed by atoms with Crippen molar-refractivity contribution in [3.63, 3.8) is 0 Å². The van der Waals surface area contributed by atoms with E-state index in [1.54, 1.807) is 6.92 Å². The van der Waals surface area contributed by atoms with Crippen molar-refractivity contribution < 1.29 is 15.0 Å². The van der Waals surface area contributed by atoms with E-state index in [1.165, 1.54) is 11.1 Å². The molecule has 4 aliphatic rings. The molecule has 0 aromatic carbocycles. The highest BCUT2D eigenvalue weighted by Crippen LogP contribution is 2.67. The summed E-state index contributed by atoms with van der Waals surface area (Å²) in [4.78, 5) is 12.3. The third kappa shape index (κ3) is 2.09. The number of allylic oxidation sites excluding steroid dienone is 3. The normalized spacial score (nSPS) is 51.8. The summed E-state index contributed by atoms with van der Waals surface area (Å²) >= 11 is 0. The minimum Gasteiger partial charge on any atom is -0.389 e. The third-order valence-corrected chi connectivity index (χ3v) is 8.69. The Kier molecular flexibility index (Phi) is 3.70. The van der Waals surface area contributed by atoms with Crippen LogP contribution in [-0.4, -0.2) is 27.7 Å². The maximum absolute atomic E-state index is 12.3. The van der Waals surface area contributed by atoms with E-state index < -0.39 is 5.60 Å². The molecule has 0 bridgehead atoms. The Labute approximate surface area is 151 Å². The molecule has 0 unspecified atom stereocenters. The first kappa shape index (κ1) is 17.5. The Morgan fingerprint density at radius 3 is 2.44 bits per heavy atom. The zero-order valence-electron chi connectivity index (χ0n) is 16.0. The number of carbonyl (C=O) groups excluding carboxylic acids is 1. The van der Waals surface area contributed by atoms with Crippen LogP contribution in [0.2, 0.25) is 0 Å². The zero-order chi connectivity index (χ0) is 18.2. The van der Waals surface area contributed by atoms with Crippen molar-refractivity contribution in [2.24, 2.45) is 28.6 Å². The summed E-state index contributed by atoms with van der Waals surface area (Å²) in [7, 11) is 0. The Morgan fingerprint density at radius 1 is 1.08 bits per heavy atom. The topological polar surface area (TPSA) is 57.5 Å². The molecule has 4 rings (SSSR count). The lowest BCUT2D eigenvalue weighted by atomic mass is 9.47. The Hall–Kier alpha value is -0.930. The highest BCUT2D eigenvalue weighted by atomic mass is 16.3. The molecule has 0 radical (unpaired) electrons. The van der Waals surface area contributed by atoms with Gasteiger partial charge in [0.05, 0.1) is 6.10 Å². The predicted octanol–water partition coefficient (Wildman–Crippen LogP) is 3.80. The second-order valence-corrected chi connectivity index (χ2v) is 9.66. The van der Waals surface area contributed by atoms with Crippen LogP contribution in [0.25, 0.3) is 0 Å². The van der Waals surface area contributed by atoms with Crippen molar-refractivity contribution in [3.05, 3.63) is 23.3 Å². The number of aliphatic hydroxyl groups excluding tert-OH is 1. The van der Waals surface area contributed by atoms with Gasteiger partial charge in [0.15, 0.2) is 5.78 Å². The van der Waals surface area contributed by atoms with Crippen LogP contribution in [0.1, 0.15) is 66.2 Å². The van der Waals surface area contributed by atoms with Crippen LogP contribution >= 0.6 is 0 Å². The van der Waals surface area contributed by atoms with Crippen molar-refractivity contribution >= 4 is 5.78 Å². The van der Waals surface area contributed by atoms with E-state index in [1.807, 2.05) is 0 Å². The average Bonchev–Trinajstić information content (AvgIpc) is 2.83. The van der Waals surface area contributed by atoms with Crippen LogP contribution in [0.3, 0.4) is 0 Å². The van der Waals surface area contributed by atoms with E-state index in [4.69, 9.17) is 0 Å². The minimum absolute atomic E-state index is 0.0555. The Bertz CT molecular complexity index is 677. The number of ketones is 1. The van der Waals surface area contributed by atoms with Gasteiger partial charge < -0.3 is 10.2 Å². The molecule has 0 aromatic heterocycles. The molecule has 2 saturated carbocycles. The number of hydrogen-bond acceptors (Lipinski definition) is 3. The van der Waals surface area contributed by atoms with Gasteiger partial charge in [-0.25, -0.2) is 0 Å². The first-order valence-corrected chi connectivity index (χ1v) is 9.96. The molecule has 0 aliphatic heterocycles. The summed E-state index contributed by atoms with van der Waals surface area (Å²) in [6.45, 7) is 8.28. The molecule has 3 heteroatoms. The van der Waals surface area contributed by atoms with Crippen molar-refractivity contribution in [1.82, 2.24) is 0 Å². The lowest BCUT2D eigenvalue weighted by Crippen LogP contribution is -2.56. The molecule has 3 nitrogen and oxygen atoms in total. The SMILES string of the molecule is CC(=O)[C@@]1(O)CC[C@H]2[C@@H]3C=C(C)C4=C[C@@H](O)CC[C@]4(C)[C@H]3CC[C@@]21C. The molecule has 4 aliphatic carbocycles. The predicted molar refractivity (Wildman–Crippen MR) is 97.9 cm³/mol. The summed E-state index contributed by atoms with van der Waals surface area (Å²) in [5.41, 5.74) is 1.31. The van der Waals surface area contributed by atoms with Gasteiger partial charge in [-0.2, -0.15) is 0 Å². The van der Waals surface area contributed by atoms with Gasteiger partial charge in [0.1, 0.15) is 5.60 Å². The van der Waals surface area contributed by atoms with Gasteiger partial charge in [-0.05, 0) is 81.1 Å². The number of rotatable bonds is 1. The van der Waals surface area contributed by atoms with Crippen molar-refractivity contribution in [2.75, 3.05) is 0 Å². The molecule has 2 N–H and O–H groups in total. The van der Waals surface area contributed by atoms with Gasteiger partial charge >= 0.3 is 0 Å². The van der Waals surface area contributed by atoms with Gasteiger partial charge in [0.2, 0.25) is 0 Å². The lowest BCUT2D eigenvalue weighted by Gasteiger charge is -2.58. The molecule has 25 heavy (non-hydrogen) atoms. The highest BCUT2D eigenvalue weighted by Gasteiger charge is 2.65. The number of fused-ring (bicyclic) bond motifs is 5. The molecule has 0 amide bonds. The van der Waals surface area contributed by atoms with Crippen LogP contribution in [0.4, 0.5) is 0 Å². The Morgan fingerprint density at radius 2 is 1.76 bits per heavy atom. The molecule has 0 aromatic rings. The van der Waals surface area contributed by atoms with E-state index in [0.717, 1.165) is 32.1 Å². The number of Topliss-reactive ketones (excluding diaryl/α,β-unsaturated/α-hetero) is 1. The van der Waals surface area contributed by atoms with E-state index in [9.17, 15) is 15.0 Å². The van der Waals surface area contributed by atoms with E-state index in [-0.39, 0.29) is 22.7 Å². The second kappa shape index (κ2) is 5.29. The standard InChI is InChI=1S/C22H32O3/c1-13-11-16-17(20(3)8-5-15(24)12-19(13)20)6-9-21(4)18(16)7-10-22(21,25)14(2)23/h11-12,15-18,24-25H,5-10H2,1-4H3/t15-,16+,17-,18-,20+,21-,22-/m0/s1. The quantitative estimate of drug-likeness (QED) is 0.761. The maximum Gasteiger partial charge on any atom is 0.161 e. The van der Waals surface area contributed by atoms with Gasteiger partial charge in [-0.3, -0.25) is 4.79 Å². The molecule has 0 spiro atoms. The summed E-state index contributed by atoms with van der Waals surface area (Å²) < 4.78 is 0. The lowest BCUT2D eigenvalue weighted by molar-refractivity contribution is -0.156.